The van der Waals surface area contributed by atoms with E-state index in [-0.39, 0.29) is 24.6 Å². The van der Waals surface area contributed by atoms with Gasteiger partial charge in [-0.05, 0) is 63.1 Å². The van der Waals surface area contributed by atoms with Crippen molar-refractivity contribution < 1.29 is 32.6 Å². The maximum Gasteiger partial charge on any atom is 0.338 e. The summed E-state index contributed by atoms with van der Waals surface area (Å²) < 4.78 is 51.7. The molecule has 1 aromatic heterocycles. The number of aliphatic imine (C=N–C) groups is 1. The number of thiazole rings is 1. The van der Waals surface area contributed by atoms with Gasteiger partial charge in [-0.3, -0.25) is 19.6 Å². The first kappa shape index (κ1) is 30.7. The molecule has 0 amide bonds. The van der Waals surface area contributed by atoms with E-state index < -0.39 is 53.8 Å². The van der Waals surface area contributed by atoms with Crippen LogP contribution in [0.2, 0.25) is 0 Å². The zero-order chi connectivity index (χ0) is 31.4. The molecule has 4 heterocycles. The van der Waals surface area contributed by atoms with E-state index in [0.717, 1.165) is 0 Å². The summed E-state index contributed by atoms with van der Waals surface area (Å²) in [4.78, 5) is 37.8. The van der Waals surface area contributed by atoms with Crippen LogP contribution in [0.5, 0.6) is 0 Å². The van der Waals surface area contributed by atoms with Crippen molar-refractivity contribution in [2.45, 2.75) is 64.1 Å². The molecule has 2 saturated heterocycles. The zero-order valence-corrected chi connectivity index (χ0v) is 25.7. The average molecular weight is 632 g/mol. The van der Waals surface area contributed by atoms with Crippen LogP contribution >= 0.6 is 11.3 Å². The number of hydrogen-bond donors (Lipinski definition) is 2. The highest BCUT2D eigenvalue weighted by molar-refractivity contribution is 7.11. The number of esters is 1. The Morgan fingerprint density at radius 3 is 2.70 bits per heavy atom. The minimum Gasteiger partial charge on any atom is -0.481 e. The number of fused-ring (bicyclic) bond motifs is 1. The number of ether oxygens (including phenoxy) is 1. The van der Waals surface area contributed by atoms with E-state index in [1.807, 2.05) is 4.90 Å². The van der Waals surface area contributed by atoms with Crippen molar-refractivity contribution in [3.05, 3.63) is 63.0 Å². The molecule has 3 atom stereocenters. The second-order valence-corrected chi connectivity index (χ2v) is 13.4. The molecule has 44 heavy (non-hydrogen) atoms. The molecule has 3 fully saturated rings. The number of aromatic nitrogens is 1. The Kier molecular flexibility index (Phi) is 8.08. The number of amidine groups is 1. The van der Waals surface area contributed by atoms with E-state index in [1.54, 1.807) is 49.4 Å². The van der Waals surface area contributed by atoms with E-state index in [9.17, 15) is 19.1 Å². The van der Waals surface area contributed by atoms with Crippen LogP contribution in [0.4, 0.5) is 13.2 Å². The summed E-state index contributed by atoms with van der Waals surface area (Å²) in [6, 6.07) is 2.19. The number of carbonyl (C=O) groups is 2. The first-order chi connectivity index (χ1) is 20.9. The van der Waals surface area contributed by atoms with Crippen molar-refractivity contribution >= 4 is 29.1 Å². The van der Waals surface area contributed by atoms with Gasteiger partial charge in [-0.15, -0.1) is 11.3 Å². The Hall–Kier alpha value is -3.29. The predicted octanol–water partition coefficient (Wildman–Crippen LogP) is 4.39. The van der Waals surface area contributed by atoms with Gasteiger partial charge in [0, 0.05) is 43.0 Å². The highest BCUT2D eigenvalue weighted by Gasteiger charge is 2.60. The Labute approximate surface area is 257 Å². The minimum atomic E-state index is -3.01. The molecule has 2 aromatic rings. The zero-order valence-electron chi connectivity index (χ0n) is 24.9. The molecule has 0 unspecified atom stereocenters. The molecule has 9 nitrogen and oxygen atoms in total. The lowest BCUT2D eigenvalue weighted by molar-refractivity contribution is -0.157. The van der Waals surface area contributed by atoms with E-state index in [2.05, 4.69) is 10.3 Å². The van der Waals surface area contributed by atoms with E-state index in [1.165, 1.54) is 17.4 Å². The van der Waals surface area contributed by atoms with Gasteiger partial charge in [0.25, 0.3) is 5.92 Å². The fraction of sp³-hybridized carbons (Fsp3) is 0.548. The number of likely N-dealkylation sites (tertiary alicyclic amines) is 2. The number of rotatable bonds is 9. The lowest BCUT2D eigenvalue weighted by Crippen LogP contribution is -2.51. The number of alkyl halides is 2. The third-order valence-electron chi connectivity index (χ3n) is 9.49. The summed E-state index contributed by atoms with van der Waals surface area (Å²) in [6.07, 6.45) is 3.10. The van der Waals surface area contributed by atoms with Crippen LogP contribution in [0.3, 0.4) is 0 Å². The molecule has 0 spiro atoms. The van der Waals surface area contributed by atoms with E-state index in [4.69, 9.17) is 9.73 Å². The molecular formula is C31H36F3N5O4S. The molecule has 1 aromatic carbocycles. The van der Waals surface area contributed by atoms with Gasteiger partial charge < -0.3 is 15.2 Å². The first-order valence-electron chi connectivity index (χ1n) is 14.9. The summed E-state index contributed by atoms with van der Waals surface area (Å²) >= 11 is 1.33. The summed E-state index contributed by atoms with van der Waals surface area (Å²) in [5, 5.41) is 15.0. The Morgan fingerprint density at radius 2 is 2.02 bits per heavy atom. The number of benzene rings is 1. The number of hydrogen-bond acceptors (Lipinski definition) is 9. The van der Waals surface area contributed by atoms with Crippen molar-refractivity contribution in [3.8, 4) is 0 Å². The van der Waals surface area contributed by atoms with Gasteiger partial charge >= 0.3 is 11.9 Å². The van der Waals surface area contributed by atoms with Crippen molar-refractivity contribution in [2.75, 3.05) is 32.8 Å². The number of nitrogens with one attached hydrogen (secondary N) is 1. The molecule has 2 N–H and O–H groups in total. The number of carboxylic acids is 1. The lowest BCUT2D eigenvalue weighted by Gasteiger charge is -2.44. The smallest absolute Gasteiger partial charge is 0.338 e. The van der Waals surface area contributed by atoms with Crippen molar-refractivity contribution in [2.24, 2.45) is 16.3 Å². The number of nitrogens with zero attached hydrogens (tertiary/aromatic N) is 4. The third-order valence-corrected chi connectivity index (χ3v) is 10.3. The molecule has 3 aliphatic heterocycles. The van der Waals surface area contributed by atoms with Gasteiger partial charge in [-0.1, -0.05) is 12.1 Å². The lowest BCUT2D eigenvalue weighted by atomic mass is 9.63. The van der Waals surface area contributed by atoms with Gasteiger partial charge in [-0.2, -0.15) is 0 Å². The fourth-order valence-electron chi connectivity index (χ4n) is 7.45. The van der Waals surface area contributed by atoms with Crippen LogP contribution in [0.15, 0.2) is 46.0 Å². The first-order valence-corrected chi connectivity index (χ1v) is 15.8. The van der Waals surface area contributed by atoms with E-state index >= 15 is 8.78 Å². The largest absolute Gasteiger partial charge is 0.481 e. The van der Waals surface area contributed by atoms with Crippen LogP contribution < -0.4 is 5.32 Å². The van der Waals surface area contributed by atoms with Crippen LogP contribution in [0, 0.1) is 24.1 Å². The summed E-state index contributed by atoms with van der Waals surface area (Å²) in [6.45, 7) is 5.53. The predicted molar refractivity (Wildman–Crippen MR) is 158 cm³/mol. The Balaban J connectivity index is 1.32. The monoisotopic (exact) mass is 631 g/mol. The Morgan fingerprint density at radius 1 is 1.25 bits per heavy atom. The number of carboxylic acid groups (broad SMARTS) is 1. The highest BCUT2D eigenvalue weighted by atomic mass is 32.1. The van der Waals surface area contributed by atoms with Crippen LogP contribution in [0.25, 0.3) is 0 Å². The van der Waals surface area contributed by atoms with Crippen LogP contribution in [-0.4, -0.2) is 88.5 Å². The van der Waals surface area contributed by atoms with Gasteiger partial charge in [0.15, 0.2) is 10.8 Å². The SMILES string of the molecule is CCOC(=O)C1=C(CN2CC(F)(F)[C@H]3[C@@H]2CCN3CC2CC(C)(C(=O)O)C2)NC(c2nccs2)=N[C@H]1c1cccc(F)c1C. The molecule has 4 aliphatic rings. The second kappa shape index (κ2) is 11.6. The maximum atomic E-state index is 15.7. The molecular weight excluding hydrogens is 595 g/mol. The standard InChI is InChI=1S/C31H36F3N5O4S/c1-4-43-28(40)23-21(36-26(27-35-9-11-44-27)37-24(23)19-6-5-7-20(32)17(19)2)15-39-16-31(33,34)25-22(39)8-10-38(25)14-18-12-30(3,13-18)29(41)42/h5-7,9,11,18,22,24-25H,4,8,10,12-16H2,1-3H3,(H,36,37)(H,41,42)/t18?,22-,24-,25+,30?/m0/s1. The molecule has 13 heteroatoms. The average Bonchev–Trinajstić information content (AvgIpc) is 3.68. The maximum absolute atomic E-state index is 15.7. The summed E-state index contributed by atoms with van der Waals surface area (Å²) in [5.41, 5.74) is 0.557. The fourth-order valence-corrected chi connectivity index (χ4v) is 8.03. The van der Waals surface area contributed by atoms with Crippen molar-refractivity contribution in [3.63, 3.8) is 0 Å². The quantitative estimate of drug-likeness (QED) is 0.393. The summed E-state index contributed by atoms with van der Waals surface area (Å²) in [7, 11) is 0. The van der Waals surface area contributed by atoms with Crippen molar-refractivity contribution in [1.29, 1.82) is 0 Å². The highest BCUT2D eigenvalue weighted by Crippen LogP contribution is 2.48. The van der Waals surface area contributed by atoms with Gasteiger partial charge in [-0.25, -0.2) is 22.9 Å². The summed E-state index contributed by atoms with van der Waals surface area (Å²) in [5.74, 6) is -4.51. The van der Waals surface area contributed by atoms with Crippen molar-refractivity contribution in [1.82, 2.24) is 20.1 Å². The molecule has 1 aliphatic carbocycles. The topological polar surface area (TPSA) is 107 Å². The molecule has 6 rings (SSSR count). The van der Waals surface area contributed by atoms with E-state index in [0.29, 0.717) is 60.0 Å². The second-order valence-electron chi connectivity index (χ2n) is 12.5. The molecule has 0 bridgehead atoms. The number of aliphatic carboxylic acids is 1. The normalized spacial score (nSPS) is 30.0. The third kappa shape index (κ3) is 5.43. The van der Waals surface area contributed by atoms with Gasteiger partial charge in [0.1, 0.15) is 11.9 Å². The molecule has 1 saturated carbocycles. The number of carbonyl (C=O) groups excluding carboxylic acids is 1. The molecule has 236 valence electrons. The van der Waals surface area contributed by atoms with Crippen LogP contribution in [-0.2, 0) is 14.3 Å². The molecule has 0 radical (unpaired) electrons. The Bertz CT molecular complexity index is 1510. The number of halogens is 3. The van der Waals surface area contributed by atoms with Crippen LogP contribution in [0.1, 0.15) is 55.3 Å². The van der Waals surface area contributed by atoms with Gasteiger partial charge in [0.2, 0.25) is 0 Å². The van der Waals surface area contributed by atoms with Gasteiger partial charge in [0.05, 0.1) is 30.2 Å². The minimum absolute atomic E-state index is 0.00845.